The van der Waals surface area contributed by atoms with Gasteiger partial charge in [-0.25, -0.2) is 4.98 Å². The molecule has 6 nitrogen and oxygen atoms in total. The van der Waals surface area contributed by atoms with Crippen LogP contribution >= 0.6 is 11.3 Å². The molecular formula is C19H17N3O3S. The molecule has 0 bridgehead atoms. The zero-order valence-corrected chi connectivity index (χ0v) is 14.7. The van der Waals surface area contributed by atoms with Crippen molar-refractivity contribution in [2.24, 2.45) is 0 Å². The van der Waals surface area contributed by atoms with Gasteiger partial charge in [0, 0.05) is 29.9 Å². The number of anilines is 1. The lowest BCUT2D eigenvalue weighted by Gasteiger charge is -2.30. The van der Waals surface area contributed by atoms with Gasteiger partial charge in [0.15, 0.2) is 16.6 Å². The average Bonchev–Trinajstić information content (AvgIpc) is 3.15. The summed E-state index contributed by atoms with van der Waals surface area (Å²) in [5.74, 6) is -0.766. The molecule has 1 fully saturated rings. The van der Waals surface area contributed by atoms with Gasteiger partial charge in [0.1, 0.15) is 0 Å². The van der Waals surface area contributed by atoms with Crippen molar-refractivity contribution in [2.45, 2.75) is 18.8 Å². The molecule has 7 heteroatoms. The Morgan fingerprint density at radius 3 is 2.69 bits per heavy atom. The van der Waals surface area contributed by atoms with E-state index in [0.29, 0.717) is 23.7 Å². The minimum atomic E-state index is -0.344. The monoisotopic (exact) mass is 367 g/mol. The third-order valence-electron chi connectivity index (χ3n) is 4.54. The number of piperidine rings is 1. The van der Waals surface area contributed by atoms with Crippen molar-refractivity contribution in [2.75, 3.05) is 11.4 Å². The molecule has 132 valence electrons. The van der Waals surface area contributed by atoms with E-state index in [0.717, 1.165) is 17.7 Å². The molecule has 3 aromatic rings. The van der Waals surface area contributed by atoms with Crippen molar-refractivity contribution < 1.29 is 15.0 Å². The van der Waals surface area contributed by atoms with E-state index in [1.807, 2.05) is 17.5 Å². The summed E-state index contributed by atoms with van der Waals surface area (Å²) in [6.07, 6.45) is 4.99. The van der Waals surface area contributed by atoms with Gasteiger partial charge >= 0.3 is 0 Å². The molecule has 4 rings (SSSR count). The van der Waals surface area contributed by atoms with E-state index in [2.05, 4.69) is 9.97 Å². The van der Waals surface area contributed by atoms with E-state index < -0.39 is 0 Å². The van der Waals surface area contributed by atoms with Gasteiger partial charge in [0.25, 0.3) is 0 Å². The van der Waals surface area contributed by atoms with Gasteiger partial charge in [0.05, 0.1) is 11.6 Å². The number of aromatic hydroxyl groups is 2. The predicted molar refractivity (Wildman–Crippen MR) is 99.4 cm³/mol. The lowest BCUT2D eigenvalue weighted by molar-refractivity contribution is -0.121. The quantitative estimate of drug-likeness (QED) is 0.692. The maximum absolute atomic E-state index is 13.0. The number of aromatic nitrogens is 2. The molecular weight excluding hydrogens is 350 g/mol. The summed E-state index contributed by atoms with van der Waals surface area (Å²) in [6.45, 7) is 0.628. The number of carbonyl (C=O) groups is 1. The van der Waals surface area contributed by atoms with Crippen LogP contribution in [-0.2, 0) is 4.79 Å². The highest BCUT2D eigenvalue weighted by atomic mass is 32.1. The van der Waals surface area contributed by atoms with E-state index >= 15 is 0 Å². The Balaban J connectivity index is 1.60. The first-order valence-electron chi connectivity index (χ1n) is 8.32. The zero-order chi connectivity index (χ0) is 18.1. The van der Waals surface area contributed by atoms with Gasteiger partial charge in [-0.15, -0.1) is 11.3 Å². The number of nitrogens with zero attached hydrogens (tertiary/aromatic N) is 3. The van der Waals surface area contributed by atoms with Crippen LogP contribution in [0.5, 0.6) is 11.5 Å². The SMILES string of the molecule is O=C1C(c2ccc(O)c(O)c2)CCCN1c1nc(-c2ccncc2)cs1. The van der Waals surface area contributed by atoms with Crippen LogP contribution in [0.2, 0.25) is 0 Å². The number of pyridine rings is 1. The van der Waals surface area contributed by atoms with Crippen LogP contribution in [0.4, 0.5) is 5.13 Å². The van der Waals surface area contributed by atoms with E-state index in [1.54, 1.807) is 23.4 Å². The van der Waals surface area contributed by atoms with Gasteiger partial charge in [-0.2, -0.15) is 0 Å². The van der Waals surface area contributed by atoms with Crippen molar-refractivity contribution in [1.82, 2.24) is 9.97 Å². The molecule has 0 radical (unpaired) electrons. The molecule has 1 aromatic carbocycles. The molecule has 1 unspecified atom stereocenters. The fourth-order valence-electron chi connectivity index (χ4n) is 3.18. The largest absolute Gasteiger partial charge is 0.504 e. The van der Waals surface area contributed by atoms with Crippen LogP contribution in [0.15, 0.2) is 48.1 Å². The second-order valence-corrected chi connectivity index (χ2v) is 7.02. The predicted octanol–water partition coefficient (Wildman–Crippen LogP) is 3.53. The zero-order valence-electron chi connectivity index (χ0n) is 13.9. The average molecular weight is 367 g/mol. The fraction of sp³-hybridized carbons (Fsp3) is 0.211. The molecule has 2 N–H and O–H groups in total. The lowest BCUT2D eigenvalue weighted by Crippen LogP contribution is -2.40. The standard InChI is InChI=1S/C19H17N3O3S/c23-16-4-3-13(10-17(16)24)14-2-1-9-22(18(14)25)19-21-15(11-26-19)12-5-7-20-8-6-12/h3-8,10-11,14,23-24H,1-2,9H2. The van der Waals surface area contributed by atoms with Crippen molar-refractivity contribution in [3.8, 4) is 22.8 Å². The Kier molecular flexibility index (Phi) is 4.30. The highest BCUT2D eigenvalue weighted by molar-refractivity contribution is 7.14. The van der Waals surface area contributed by atoms with Crippen LogP contribution in [0.25, 0.3) is 11.3 Å². The van der Waals surface area contributed by atoms with Gasteiger partial charge in [-0.3, -0.25) is 14.7 Å². The summed E-state index contributed by atoms with van der Waals surface area (Å²) in [5, 5.41) is 21.8. The number of carbonyl (C=O) groups excluding carboxylic acids is 1. The smallest absolute Gasteiger partial charge is 0.236 e. The summed E-state index contributed by atoms with van der Waals surface area (Å²) < 4.78 is 0. The number of hydrogen-bond acceptors (Lipinski definition) is 6. The van der Waals surface area contributed by atoms with Crippen LogP contribution in [0.1, 0.15) is 24.3 Å². The van der Waals surface area contributed by atoms with E-state index in [4.69, 9.17) is 0 Å². The molecule has 0 aliphatic carbocycles. The summed E-state index contributed by atoms with van der Waals surface area (Å²) in [7, 11) is 0. The van der Waals surface area contributed by atoms with Gasteiger partial charge in [-0.1, -0.05) is 6.07 Å². The Labute approximate surface area is 154 Å². The Hall–Kier alpha value is -2.93. The van der Waals surface area contributed by atoms with Crippen LogP contribution in [0.3, 0.4) is 0 Å². The van der Waals surface area contributed by atoms with Crippen LogP contribution < -0.4 is 4.90 Å². The lowest BCUT2D eigenvalue weighted by atomic mass is 9.90. The van der Waals surface area contributed by atoms with Crippen molar-refractivity contribution in [3.05, 3.63) is 53.7 Å². The molecule has 0 saturated carbocycles. The first kappa shape index (κ1) is 16.5. The second kappa shape index (κ2) is 6.76. The summed E-state index contributed by atoms with van der Waals surface area (Å²) in [5.41, 5.74) is 2.50. The number of phenolic OH excluding ortho intramolecular Hbond substituents is 2. The number of thiazole rings is 1. The maximum Gasteiger partial charge on any atom is 0.236 e. The number of hydrogen-bond donors (Lipinski definition) is 2. The third-order valence-corrected chi connectivity index (χ3v) is 5.40. The highest BCUT2D eigenvalue weighted by Crippen LogP contribution is 2.36. The molecule has 0 spiro atoms. The van der Waals surface area contributed by atoms with Crippen molar-refractivity contribution in [3.63, 3.8) is 0 Å². The topological polar surface area (TPSA) is 86.5 Å². The molecule has 3 heterocycles. The first-order valence-corrected chi connectivity index (χ1v) is 9.20. The van der Waals surface area contributed by atoms with E-state index in [1.165, 1.54) is 23.5 Å². The first-order chi connectivity index (χ1) is 12.6. The number of phenols is 2. The minimum Gasteiger partial charge on any atom is -0.504 e. The third kappa shape index (κ3) is 3.01. The van der Waals surface area contributed by atoms with Gasteiger partial charge in [0.2, 0.25) is 5.91 Å². The maximum atomic E-state index is 13.0. The van der Waals surface area contributed by atoms with Crippen molar-refractivity contribution in [1.29, 1.82) is 0 Å². The van der Waals surface area contributed by atoms with Crippen LogP contribution in [-0.4, -0.2) is 32.6 Å². The van der Waals surface area contributed by atoms with E-state index in [9.17, 15) is 15.0 Å². The van der Waals surface area contributed by atoms with Crippen molar-refractivity contribution >= 4 is 22.4 Å². The molecule has 1 saturated heterocycles. The van der Waals surface area contributed by atoms with Gasteiger partial charge in [-0.05, 0) is 42.7 Å². The molecule has 1 amide bonds. The number of rotatable bonds is 3. The normalized spacial score (nSPS) is 17.5. The Bertz CT molecular complexity index is 942. The molecule has 26 heavy (non-hydrogen) atoms. The van der Waals surface area contributed by atoms with E-state index in [-0.39, 0.29) is 23.3 Å². The molecule has 1 atom stereocenters. The highest BCUT2D eigenvalue weighted by Gasteiger charge is 2.32. The Morgan fingerprint density at radius 1 is 1.12 bits per heavy atom. The number of benzene rings is 1. The summed E-state index contributed by atoms with van der Waals surface area (Å²) >= 11 is 1.44. The Morgan fingerprint density at radius 2 is 1.92 bits per heavy atom. The summed E-state index contributed by atoms with van der Waals surface area (Å²) in [6, 6.07) is 8.34. The van der Waals surface area contributed by atoms with Crippen LogP contribution in [0, 0.1) is 0 Å². The molecule has 1 aliphatic heterocycles. The summed E-state index contributed by atoms with van der Waals surface area (Å²) in [4.78, 5) is 23.4. The molecule has 1 aliphatic rings. The number of amides is 1. The fourth-order valence-corrected chi connectivity index (χ4v) is 4.04. The molecule has 2 aromatic heterocycles. The second-order valence-electron chi connectivity index (χ2n) is 6.18. The minimum absolute atomic E-state index is 0.0306. The van der Waals surface area contributed by atoms with Gasteiger partial charge < -0.3 is 10.2 Å².